The fourth-order valence-corrected chi connectivity index (χ4v) is 6.83. The fourth-order valence-electron chi connectivity index (χ4n) is 6.57. The van der Waals surface area contributed by atoms with Crippen LogP contribution in [0.1, 0.15) is 33.9 Å². The monoisotopic (exact) mass is 638 g/mol. The van der Waals surface area contributed by atoms with Gasteiger partial charge in [0.05, 0.1) is 44.1 Å². The van der Waals surface area contributed by atoms with Gasteiger partial charge in [0.2, 0.25) is 0 Å². The standard InChI is InChI=1S/C34H27BrN2O6/c1-40-23-15-11-21(12-16-23)34-28(19-7-5-4-6-8-19)27-30(36-31(37-32(27)38)20-9-13-22(35)14-10-20)33(34,39)29-25(42-3)17-24(41-2)18-26(29)43-34/h4-18,28,39H,1-3H3,(H,36,37,38). The van der Waals surface area contributed by atoms with Crippen LogP contribution in [0.25, 0.3) is 11.4 Å². The lowest BCUT2D eigenvalue weighted by Crippen LogP contribution is -2.49. The predicted octanol–water partition coefficient (Wildman–Crippen LogP) is 5.89. The molecule has 0 saturated carbocycles. The smallest absolute Gasteiger partial charge is 0.255 e. The Hall–Kier alpha value is -4.60. The Morgan fingerprint density at radius 3 is 2.23 bits per heavy atom. The number of methoxy groups -OCH3 is 3. The lowest BCUT2D eigenvalue weighted by atomic mass is 9.70. The molecule has 0 saturated heterocycles. The van der Waals surface area contributed by atoms with E-state index in [4.69, 9.17) is 23.9 Å². The summed E-state index contributed by atoms with van der Waals surface area (Å²) in [7, 11) is 4.67. The molecule has 0 spiro atoms. The zero-order valence-corrected chi connectivity index (χ0v) is 25.1. The molecule has 216 valence electrons. The average molecular weight is 640 g/mol. The largest absolute Gasteiger partial charge is 0.497 e. The Kier molecular flexibility index (Phi) is 6.34. The SMILES string of the molecule is COc1ccc(C23Oc4cc(OC)cc(OC)c4C2(O)c2nc(-c4ccc(Br)cc4)[nH]c(=O)c2C3c2ccccc2)cc1. The molecule has 0 amide bonds. The number of hydrogen-bond acceptors (Lipinski definition) is 7. The van der Waals surface area contributed by atoms with Gasteiger partial charge in [-0.15, -0.1) is 0 Å². The summed E-state index contributed by atoms with van der Waals surface area (Å²) in [6.45, 7) is 0. The molecule has 0 fully saturated rings. The maximum absolute atomic E-state index is 14.2. The predicted molar refractivity (Wildman–Crippen MR) is 164 cm³/mol. The second kappa shape index (κ2) is 10.00. The second-order valence-electron chi connectivity index (χ2n) is 10.5. The first kappa shape index (κ1) is 27.2. The maximum atomic E-state index is 14.2. The molecule has 1 aromatic heterocycles. The van der Waals surface area contributed by atoms with E-state index >= 15 is 0 Å². The van der Waals surface area contributed by atoms with Crippen molar-refractivity contribution < 1.29 is 24.1 Å². The molecule has 8 nitrogen and oxygen atoms in total. The number of aromatic amines is 1. The minimum atomic E-state index is -1.96. The lowest BCUT2D eigenvalue weighted by Gasteiger charge is -2.40. The summed E-state index contributed by atoms with van der Waals surface area (Å²) in [5, 5.41) is 13.4. The summed E-state index contributed by atoms with van der Waals surface area (Å²) in [5.41, 5.74) is -0.911. The quantitative estimate of drug-likeness (QED) is 0.239. The molecule has 3 unspecified atom stereocenters. The van der Waals surface area contributed by atoms with Crippen LogP contribution in [0, 0.1) is 0 Å². The number of hydrogen-bond donors (Lipinski definition) is 2. The maximum Gasteiger partial charge on any atom is 0.255 e. The van der Waals surface area contributed by atoms with Crippen LogP contribution < -0.4 is 24.5 Å². The molecule has 9 heteroatoms. The average Bonchev–Trinajstić information content (AvgIpc) is 3.44. The molecular formula is C34H27BrN2O6. The number of fused-ring (bicyclic) bond motifs is 5. The van der Waals surface area contributed by atoms with Gasteiger partial charge in [-0.1, -0.05) is 70.5 Å². The zero-order chi connectivity index (χ0) is 29.9. The van der Waals surface area contributed by atoms with Crippen molar-refractivity contribution in [1.82, 2.24) is 9.97 Å². The van der Waals surface area contributed by atoms with Crippen LogP contribution in [-0.4, -0.2) is 36.4 Å². The summed E-state index contributed by atoms with van der Waals surface area (Å²) >= 11 is 3.47. The van der Waals surface area contributed by atoms with Crippen molar-refractivity contribution in [2.75, 3.05) is 21.3 Å². The molecule has 4 aromatic carbocycles. The lowest BCUT2D eigenvalue weighted by molar-refractivity contribution is -0.0909. The van der Waals surface area contributed by atoms with E-state index in [1.54, 1.807) is 26.4 Å². The first-order valence-corrected chi connectivity index (χ1v) is 14.4. The number of nitrogens with one attached hydrogen (secondary N) is 1. The third-order valence-corrected chi connectivity index (χ3v) is 8.96. The molecular weight excluding hydrogens is 612 g/mol. The summed E-state index contributed by atoms with van der Waals surface area (Å²) in [6, 6.07) is 27.8. The molecule has 1 aliphatic carbocycles. The van der Waals surface area contributed by atoms with Gasteiger partial charge in [0, 0.05) is 27.7 Å². The Labute approximate surface area is 256 Å². The van der Waals surface area contributed by atoms with E-state index in [0.29, 0.717) is 51.1 Å². The highest BCUT2D eigenvalue weighted by Gasteiger charge is 2.73. The molecule has 3 atom stereocenters. The molecule has 0 bridgehead atoms. The highest BCUT2D eigenvalue weighted by Crippen LogP contribution is 2.69. The van der Waals surface area contributed by atoms with Gasteiger partial charge in [0.25, 0.3) is 5.56 Å². The second-order valence-corrected chi connectivity index (χ2v) is 11.4. The van der Waals surface area contributed by atoms with Crippen molar-refractivity contribution >= 4 is 15.9 Å². The Bertz CT molecular complexity index is 1910. The number of rotatable bonds is 6. The Balaban J connectivity index is 1.63. The fraction of sp³-hybridized carbons (Fsp3) is 0.176. The molecule has 5 aromatic rings. The van der Waals surface area contributed by atoms with Crippen LogP contribution in [0.15, 0.2) is 100 Å². The molecule has 2 heterocycles. The van der Waals surface area contributed by atoms with E-state index < -0.39 is 17.1 Å². The summed E-state index contributed by atoms with van der Waals surface area (Å²) < 4.78 is 24.7. The van der Waals surface area contributed by atoms with Crippen molar-refractivity contribution in [2.45, 2.75) is 17.1 Å². The Morgan fingerprint density at radius 2 is 1.58 bits per heavy atom. The molecule has 2 aliphatic rings. The van der Waals surface area contributed by atoms with Crippen molar-refractivity contribution in [2.24, 2.45) is 0 Å². The number of halogens is 1. The van der Waals surface area contributed by atoms with Gasteiger partial charge in [-0.2, -0.15) is 0 Å². The van der Waals surface area contributed by atoms with Crippen LogP contribution in [0.4, 0.5) is 0 Å². The third kappa shape index (κ3) is 3.78. The van der Waals surface area contributed by atoms with E-state index in [1.807, 2.05) is 78.9 Å². The van der Waals surface area contributed by atoms with E-state index in [-0.39, 0.29) is 11.3 Å². The van der Waals surface area contributed by atoms with Crippen LogP contribution in [0.3, 0.4) is 0 Å². The Morgan fingerprint density at radius 1 is 0.884 bits per heavy atom. The van der Waals surface area contributed by atoms with Gasteiger partial charge in [-0.3, -0.25) is 4.79 Å². The van der Waals surface area contributed by atoms with Crippen LogP contribution in [-0.2, 0) is 11.2 Å². The first-order chi connectivity index (χ1) is 20.8. The minimum Gasteiger partial charge on any atom is -0.497 e. The highest BCUT2D eigenvalue weighted by atomic mass is 79.9. The van der Waals surface area contributed by atoms with E-state index in [0.717, 1.165) is 10.0 Å². The van der Waals surface area contributed by atoms with Crippen LogP contribution in [0.2, 0.25) is 0 Å². The minimum absolute atomic E-state index is 0.195. The van der Waals surface area contributed by atoms with E-state index in [1.165, 1.54) is 7.11 Å². The van der Waals surface area contributed by atoms with Gasteiger partial charge in [0.1, 0.15) is 28.8 Å². The van der Waals surface area contributed by atoms with Crippen molar-refractivity contribution in [3.8, 4) is 34.4 Å². The molecule has 0 radical (unpaired) electrons. The van der Waals surface area contributed by atoms with Crippen LogP contribution >= 0.6 is 15.9 Å². The van der Waals surface area contributed by atoms with Gasteiger partial charge in [0.15, 0.2) is 11.2 Å². The zero-order valence-electron chi connectivity index (χ0n) is 23.6. The van der Waals surface area contributed by atoms with E-state index in [2.05, 4.69) is 20.9 Å². The number of nitrogens with zero attached hydrogens (tertiary/aromatic N) is 1. The van der Waals surface area contributed by atoms with Crippen LogP contribution in [0.5, 0.6) is 23.0 Å². The number of aliphatic hydroxyl groups is 1. The highest BCUT2D eigenvalue weighted by molar-refractivity contribution is 9.10. The van der Waals surface area contributed by atoms with Crippen molar-refractivity contribution in [3.05, 3.63) is 134 Å². The van der Waals surface area contributed by atoms with Crippen molar-refractivity contribution in [3.63, 3.8) is 0 Å². The summed E-state index contributed by atoms with van der Waals surface area (Å²) in [5.74, 6) is 1.41. The number of ether oxygens (including phenoxy) is 4. The number of benzene rings is 4. The topological polar surface area (TPSA) is 103 Å². The van der Waals surface area contributed by atoms with Gasteiger partial charge >= 0.3 is 0 Å². The van der Waals surface area contributed by atoms with Crippen molar-refractivity contribution in [1.29, 1.82) is 0 Å². The van der Waals surface area contributed by atoms with Gasteiger partial charge in [-0.05, 0) is 29.8 Å². The third-order valence-electron chi connectivity index (χ3n) is 8.43. The normalized spacial score (nSPS) is 21.4. The molecule has 43 heavy (non-hydrogen) atoms. The first-order valence-electron chi connectivity index (χ1n) is 13.6. The van der Waals surface area contributed by atoms with Gasteiger partial charge in [-0.25, -0.2) is 4.98 Å². The van der Waals surface area contributed by atoms with E-state index in [9.17, 15) is 9.90 Å². The number of aromatic nitrogens is 2. The summed E-state index contributed by atoms with van der Waals surface area (Å²) in [6.07, 6.45) is 0. The number of H-pyrrole nitrogens is 1. The summed E-state index contributed by atoms with van der Waals surface area (Å²) in [4.78, 5) is 22.2. The molecule has 7 rings (SSSR count). The van der Waals surface area contributed by atoms with Gasteiger partial charge < -0.3 is 29.0 Å². The molecule has 2 N–H and O–H groups in total. The molecule has 1 aliphatic heterocycles.